The number of guanidine groups is 1. The van der Waals surface area contributed by atoms with Crippen LogP contribution in [0.4, 0.5) is 18.9 Å². The second-order valence-corrected chi connectivity index (χ2v) is 6.00. The number of benzene rings is 1. The number of alkyl halides is 3. The molecule has 0 saturated carbocycles. The van der Waals surface area contributed by atoms with E-state index in [1.807, 2.05) is 0 Å². The van der Waals surface area contributed by atoms with Crippen LogP contribution < -0.4 is 15.8 Å². The molecule has 1 saturated heterocycles. The van der Waals surface area contributed by atoms with Crippen LogP contribution >= 0.6 is 11.8 Å². The highest BCUT2D eigenvalue weighted by Gasteiger charge is 2.33. The number of halogens is 3. The average molecular weight is 335 g/mol. The van der Waals surface area contributed by atoms with E-state index in [0.29, 0.717) is 12.2 Å². The number of anilines is 1. The number of ether oxygens (including phenoxy) is 1. The van der Waals surface area contributed by atoms with Gasteiger partial charge in [0.2, 0.25) is 0 Å². The zero-order valence-electron chi connectivity index (χ0n) is 11.6. The van der Waals surface area contributed by atoms with Crippen molar-refractivity contribution in [3.63, 3.8) is 0 Å². The number of rotatable bonds is 4. The highest BCUT2D eigenvalue weighted by atomic mass is 32.2. The predicted octanol–water partition coefficient (Wildman–Crippen LogP) is 2.18. The van der Waals surface area contributed by atoms with Crippen LogP contribution in [0.5, 0.6) is 5.75 Å². The molecule has 0 bridgehead atoms. The summed E-state index contributed by atoms with van der Waals surface area (Å²) in [5.74, 6) is 0.936. The quantitative estimate of drug-likeness (QED) is 0.580. The Hall–Kier alpha value is -1.61. The topological polar surface area (TPSA) is 79.9 Å². The molecule has 0 radical (unpaired) electrons. The lowest BCUT2D eigenvalue weighted by Crippen LogP contribution is -2.34. The molecule has 0 amide bonds. The molecule has 22 heavy (non-hydrogen) atoms. The fraction of sp³-hybridized carbons (Fsp3) is 0.462. The number of hydrogen-bond donors (Lipinski definition) is 3. The van der Waals surface area contributed by atoms with Crippen molar-refractivity contribution in [3.8, 4) is 5.75 Å². The minimum absolute atomic E-state index is 0.0499. The second-order valence-electron chi connectivity index (χ2n) is 4.90. The maximum Gasteiger partial charge on any atom is 0.573 e. The van der Waals surface area contributed by atoms with Crippen LogP contribution in [0.2, 0.25) is 0 Å². The Morgan fingerprint density at radius 3 is 2.82 bits per heavy atom. The molecule has 2 rings (SSSR count). The predicted molar refractivity (Wildman–Crippen MR) is 80.1 cm³/mol. The molecule has 0 spiro atoms. The third kappa shape index (κ3) is 4.99. The molecule has 1 aromatic rings. The molecule has 1 aromatic carbocycles. The standard InChI is InChI=1S/C13H16F3N3O2S/c14-13(15,16)21-10-4-2-1-3-9(10)19-11(17)18-7-12(20)5-6-22-8-12/h1-4,20H,5-8H2,(H3,17,18,19). The summed E-state index contributed by atoms with van der Waals surface area (Å²) in [6, 6.07) is 5.52. The van der Waals surface area contributed by atoms with Crippen LogP contribution in [-0.2, 0) is 0 Å². The fourth-order valence-corrected chi connectivity index (χ4v) is 3.20. The van der Waals surface area contributed by atoms with Gasteiger partial charge in [0.1, 0.15) is 0 Å². The molecule has 0 aromatic heterocycles. The molecule has 9 heteroatoms. The summed E-state index contributed by atoms with van der Waals surface area (Å²) >= 11 is 1.62. The lowest BCUT2D eigenvalue weighted by molar-refractivity contribution is -0.274. The number of nitrogens with zero attached hydrogens (tertiary/aromatic N) is 1. The van der Waals surface area contributed by atoms with Gasteiger partial charge in [-0.3, -0.25) is 4.99 Å². The summed E-state index contributed by atoms with van der Waals surface area (Å²) in [4.78, 5) is 3.99. The number of thioether (sulfide) groups is 1. The van der Waals surface area contributed by atoms with Gasteiger partial charge in [-0.1, -0.05) is 12.1 Å². The van der Waals surface area contributed by atoms with Gasteiger partial charge in [-0.2, -0.15) is 11.8 Å². The number of nitrogens with two attached hydrogens (primary N) is 1. The Kier molecular flexibility index (Phi) is 5.07. The smallest absolute Gasteiger partial charge is 0.404 e. The van der Waals surface area contributed by atoms with Gasteiger partial charge in [-0.15, -0.1) is 13.2 Å². The normalized spacial score (nSPS) is 22.6. The minimum atomic E-state index is -4.79. The van der Waals surface area contributed by atoms with Crippen LogP contribution in [0.15, 0.2) is 29.3 Å². The molecule has 5 nitrogen and oxygen atoms in total. The van der Waals surface area contributed by atoms with Crippen molar-refractivity contribution in [1.82, 2.24) is 0 Å². The molecule has 1 aliphatic heterocycles. The molecular weight excluding hydrogens is 319 g/mol. The summed E-state index contributed by atoms with van der Waals surface area (Å²) in [5, 5.41) is 12.7. The number of hydrogen-bond acceptors (Lipinski definition) is 4. The van der Waals surface area contributed by atoms with Gasteiger partial charge in [0, 0.05) is 5.75 Å². The zero-order valence-corrected chi connectivity index (χ0v) is 12.4. The van der Waals surface area contributed by atoms with Crippen molar-refractivity contribution in [2.75, 3.05) is 23.4 Å². The van der Waals surface area contributed by atoms with E-state index in [1.165, 1.54) is 18.2 Å². The summed E-state index contributed by atoms with van der Waals surface area (Å²) in [7, 11) is 0. The first kappa shape index (κ1) is 16.8. The average Bonchev–Trinajstić information content (AvgIpc) is 2.85. The van der Waals surface area contributed by atoms with Crippen molar-refractivity contribution in [2.45, 2.75) is 18.4 Å². The monoisotopic (exact) mass is 335 g/mol. The number of nitrogens with one attached hydrogen (secondary N) is 1. The molecule has 1 unspecified atom stereocenters. The van der Waals surface area contributed by atoms with E-state index in [4.69, 9.17) is 5.73 Å². The first-order valence-electron chi connectivity index (χ1n) is 6.49. The fourth-order valence-electron chi connectivity index (χ4n) is 1.91. The summed E-state index contributed by atoms with van der Waals surface area (Å²) in [6.07, 6.45) is -4.18. The van der Waals surface area contributed by atoms with Gasteiger partial charge in [0.25, 0.3) is 0 Å². The molecule has 1 atom stereocenters. The van der Waals surface area contributed by atoms with Crippen LogP contribution in [0.1, 0.15) is 6.42 Å². The van der Waals surface area contributed by atoms with Gasteiger partial charge in [-0.05, 0) is 24.3 Å². The van der Waals surface area contributed by atoms with Crippen molar-refractivity contribution in [2.24, 2.45) is 10.7 Å². The van der Waals surface area contributed by atoms with Crippen molar-refractivity contribution in [3.05, 3.63) is 24.3 Å². The lowest BCUT2D eigenvalue weighted by Gasteiger charge is -2.19. The van der Waals surface area contributed by atoms with E-state index in [1.54, 1.807) is 17.8 Å². The van der Waals surface area contributed by atoms with Gasteiger partial charge < -0.3 is 20.9 Å². The first-order chi connectivity index (χ1) is 10.3. The first-order valence-corrected chi connectivity index (χ1v) is 7.65. The van der Waals surface area contributed by atoms with E-state index in [2.05, 4.69) is 15.0 Å². The third-order valence-electron chi connectivity index (χ3n) is 3.00. The van der Waals surface area contributed by atoms with E-state index < -0.39 is 17.7 Å². The molecule has 0 aliphatic carbocycles. The van der Waals surface area contributed by atoms with E-state index in [9.17, 15) is 18.3 Å². The Balaban J connectivity index is 2.03. The highest BCUT2D eigenvalue weighted by molar-refractivity contribution is 7.99. The molecule has 1 heterocycles. The van der Waals surface area contributed by atoms with Crippen LogP contribution in [0.25, 0.3) is 0 Å². The van der Waals surface area contributed by atoms with E-state index in [-0.39, 0.29) is 18.2 Å². The van der Waals surface area contributed by atoms with Crippen molar-refractivity contribution < 1.29 is 23.0 Å². The zero-order chi connectivity index (χ0) is 16.2. The Labute approximate surface area is 129 Å². The van der Waals surface area contributed by atoms with Gasteiger partial charge >= 0.3 is 6.36 Å². The Bertz CT molecular complexity index is 546. The van der Waals surface area contributed by atoms with E-state index in [0.717, 1.165) is 5.75 Å². The van der Waals surface area contributed by atoms with Crippen LogP contribution in [0, 0.1) is 0 Å². The summed E-state index contributed by atoms with van der Waals surface area (Å²) < 4.78 is 40.9. The Morgan fingerprint density at radius 1 is 1.45 bits per heavy atom. The molecule has 4 N–H and O–H groups in total. The molecule has 1 fully saturated rings. The molecule has 1 aliphatic rings. The van der Waals surface area contributed by atoms with Gasteiger partial charge in [0.15, 0.2) is 11.7 Å². The van der Waals surface area contributed by atoms with Gasteiger partial charge in [-0.25, -0.2) is 0 Å². The molecular formula is C13H16F3N3O2S. The molecule has 122 valence electrons. The second kappa shape index (κ2) is 6.66. The van der Waals surface area contributed by atoms with Crippen molar-refractivity contribution in [1.29, 1.82) is 0 Å². The van der Waals surface area contributed by atoms with Crippen LogP contribution in [-0.4, -0.2) is 41.1 Å². The lowest BCUT2D eigenvalue weighted by atomic mass is 10.1. The van der Waals surface area contributed by atoms with Crippen LogP contribution in [0.3, 0.4) is 0 Å². The summed E-state index contributed by atoms with van der Waals surface area (Å²) in [5.41, 5.74) is 4.81. The summed E-state index contributed by atoms with van der Waals surface area (Å²) in [6.45, 7) is 0.0983. The number of aliphatic hydroxyl groups is 1. The third-order valence-corrected chi connectivity index (χ3v) is 4.24. The minimum Gasteiger partial charge on any atom is -0.404 e. The number of para-hydroxylation sites is 2. The van der Waals surface area contributed by atoms with Gasteiger partial charge in [0.05, 0.1) is 17.8 Å². The largest absolute Gasteiger partial charge is 0.573 e. The SMILES string of the molecule is NC(=NCC1(O)CCSC1)Nc1ccccc1OC(F)(F)F. The maximum absolute atomic E-state index is 12.3. The maximum atomic E-state index is 12.3. The number of aliphatic imine (C=N–C) groups is 1. The van der Waals surface area contributed by atoms with E-state index >= 15 is 0 Å². The Morgan fingerprint density at radius 2 is 2.18 bits per heavy atom. The van der Waals surface area contributed by atoms with Crippen molar-refractivity contribution >= 4 is 23.4 Å². The highest BCUT2D eigenvalue weighted by Crippen LogP contribution is 2.30.